The van der Waals surface area contributed by atoms with Crippen LogP contribution in [0.1, 0.15) is 17.7 Å². The van der Waals surface area contributed by atoms with Crippen molar-refractivity contribution in [1.29, 1.82) is 0 Å². The second-order valence-corrected chi connectivity index (χ2v) is 4.38. The molecule has 0 atom stereocenters. The molecule has 0 unspecified atom stereocenters. The van der Waals surface area contributed by atoms with Crippen LogP contribution >= 0.6 is 11.3 Å². The lowest BCUT2D eigenvalue weighted by atomic mass is 10.6. The highest BCUT2D eigenvalue weighted by Crippen LogP contribution is 2.20. The third-order valence-electron chi connectivity index (χ3n) is 1.75. The van der Waals surface area contributed by atoms with Crippen LogP contribution in [0.25, 0.3) is 0 Å². The first-order valence-electron chi connectivity index (χ1n) is 4.24. The minimum Gasteiger partial charge on any atom is -0.335 e. The van der Waals surface area contributed by atoms with E-state index in [0.29, 0.717) is 11.2 Å². The molecule has 1 aliphatic rings. The van der Waals surface area contributed by atoms with Crippen LogP contribution in [0.15, 0.2) is 6.20 Å². The van der Waals surface area contributed by atoms with Gasteiger partial charge in [0.25, 0.3) is 0 Å². The molecule has 1 heterocycles. The van der Waals surface area contributed by atoms with Crippen molar-refractivity contribution in [2.75, 3.05) is 5.32 Å². The number of rotatable bonds is 2. The van der Waals surface area contributed by atoms with E-state index in [1.807, 2.05) is 6.92 Å². The molecule has 1 aromatic heterocycles. The van der Waals surface area contributed by atoms with Crippen molar-refractivity contribution < 1.29 is 4.79 Å². The molecule has 0 radical (unpaired) electrons. The molecule has 1 saturated carbocycles. The number of amides is 2. The maximum absolute atomic E-state index is 11.2. The number of aryl methyl sites for hydroxylation is 1. The standard InChI is InChI=1S/C8H11N3OS/c1-5-4-9-8(13-5)11-7(12)10-6-2-3-6/h4,6H,2-3H2,1H3,(H2,9,10,11,12). The molecule has 2 rings (SSSR count). The summed E-state index contributed by atoms with van der Waals surface area (Å²) in [5.74, 6) is 0. The molecule has 0 saturated heterocycles. The SMILES string of the molecule is Cc1cnc(NC(=O)NC2CC2)s1. The molecule has 5 heteroatoms. The molecule has 1 fully saturated rings. The van der Waals surface area contributed by atoms with Gasteiger partial charge in [0.15, 0.2) is 5.13 Å². The van der Waals surface area contributed by atoms with Crippen LogP contribution in [-0.4, -0.2) is 17.1 Å². The second-order valence-electron chi connectivity index (χ2n) is 3.15. The van der Waals surface area contributed by atoms with Gasteiger partial charge >= 0.3 is 6.03 Å². The van der Waals surface area contributed by atoms with Crippen molar-refractivity contribution in [2.45, 2.75) is 25.8 Å². The summed E-state index contributed by atoms with van der Waals surface area (Å²) in [6.45, 7) is 1.96. The largest absolute Gasteiger partial charge is 0.335 e. The molecule has 13 heavy (non-hydrogen) atoms. The Bertz CT molecular complexity index is 319. The molecule has 2 amide bonds. The Labute approximate surface area is 80.4 Å². The normalized spacial score (nSPS) is 15.5. The summed E-state index contributed by atoms with van der Waals surface area (Å²) in [6.07, 6.45) is 3.95. The number of aromatic nitrogens is 1. The maximum atomic E-state index is 11.2. The Hall–Kier alpha value is -1.10. The monoisotopic (exact) mass is 197 g/mol. The number of hydrogen-bond donors (Lipinski definition) is 2. The van der Waals surface area contributed by atoms with Crippen LogP contribution < -0.4 is 10.6 Å². The van der Waals surface area contributed by atoms with E-state index in [0.717, 1.165) is 17.7 Å². The summed E-state index contributed by atoms with van der Waals surface area (Å²) in [5.41, 5.74) is 0. The lowest BCUT2D eigenvalue weighted by Gasteiger charge is -2.01. The Morgan fingerprint density at radius 1 is 1.69 bits per heavy atom. The predicted molar refractivity (Wildman–Crippen MR) is 52.0 cm³/mol. The number of nitrogens with zero attached hydrogens (tertiary/aromatic N) is 1. The average Bonchev–Trinajstić information content (AvgIpc) is 2.76. The molecule has 70 valence electrons. The minimum absolute atomic E-state index is 0.142. The van der Waals surface area contributed by atoms with Gasteiger partial charge in [-0.15, -0.1) is 11.3 Å². The fourth-order valence-electron chi connectivity index (χ4n) is 0.959. The number of anilines is 1. The van der Waals surface area contributed by atoms with Gasteiger partial charge in [-0.1, -0.05) is 0 Å². The lowest BCUT2D eigenvalue weighted by molar-refractivity contribution is 0.251. The summed E-state index contributed by atoms with van der Waals surface area (Å²) < 4.78 is 0. The predicted octanol–water partition coefficient (Wildman–Crippen LogP) is 1.74. The van der Waals surface area contributed by atoms with E-state index in [2.05, 4.69) is 15.6 Å². The highest BCUT2D eigenvalue weighted by Gasteiger charge is 2.23. The van der Waals surface area contributed by atoms with Crippen LogP contribution in [-0.2, 0) is 0 Å². The molecule has 2 N–H and O–H groups in total. The van der Waals surface area contributed by atoms with Crippen LogP contribution in [0.3, 0.4) is 0 Å². The van der Waals surface area contributed by atoms with E-state index in [9.17, 15) is 4.79 Å². The molecule has 0 aliphatic heterocycles. The van der Waals surface area contributed by atoms with Crippen molar-refractivity contribution in [3.63, 3.8) is 0 Å². The van der Waals surface area contributed by atoms with Gasteiger partial charge in [-0.05, 0) is 19.8 Å². The first kappa shape index (κ1) is 8.50. The highest BCUT2D eigenvalue weighted by molar-refractivity contribution is 7.15. The van der Waals surface area contributed by atoms with E-state index < -0.39 is 0 Å². The third kappa shape index (κ3) is 2.42. The van der Waals surface area contributed by atoms with Crippen molar-refractivity contribution in [3.8, 4) is 0 Å². The van der Waals surface area contributed by atoms with Crippen molar-refractivity contribution in [1.82, 2.24) is 10.3 Å². The fourth-order valence-corrected chi connectivity index (χ4v) is 1.62. The van der Waals surface area contributed by atoms with Gasteiger partial charge in [-0.3, -0.25) is 5.32 Å². The minimum atomic E-state index is -0.142. The van der Waals surface area contributed by atoms with E-state index in [-0.39, 0.29) is 6.03 Å². The Kier molecular flexibility index (Phi) is 2.18. The number of urea groups is 1. The van der Waals surface area contributed by atoms with Gasteiger partial charge in [-0.25, -0.2) is 9.78 Å². The van der Waals surface area contributed by atoms with Gasteiger partial charge in [0.05, 0.1) is 0 Å². The smallest absolute Gasteiger partial charge is 0.321 e. The Morgan fingerprint density at radius 2 is 2.46 bits per heavy atom. The summed E-state index contributed by atoms with van der Waals surface area (Å²) in [5, 5.41) is 6.18. The highest BCUT2D eigenvalue weighted by atomic mass is 32.1. The summed E-state index contributed by atoms with van der Waals surface area (Å²) in [6, 6.07) is 0.248. The van der Waals surface area contributed by atoms with E-state index >= 15 is 0 Å². The van der Waals surface area contributed by atoms with Crippen LogP contribution in [0.4, 0.5) is 9.93 Å². The van der Waals surface area contributed by atoms with Crippen LogP contribution in [0, 0.1) is 6.92 Å². The van der Waals surface area contributed by atoms with Crippen molar-refractivity contribution in [3.05, 3.63) is 11.1 Å². The Balaban J connectivity index is 1.85. The first-order chi connectivity index (χ1) is 6.24. The van der Waals surface area contributed by atoms with Gasteiger partial charge in [0, 0.05) is 17.1 Å². The lowest BCUT2D eigenvalue weighted by Crippen LogP contribution is -2.30. The van der Waals surface area contributed by atoms with Gasteiger partial charge < -0.3 is 5.32 Å². The van der Waals surface area contributed by atoms with E-state index in [4.69, 9.17) is 0 Å². The zero-order valence-corrected chi connectivity index (χ0v) is 8.15. The van der Waals surface area contributed by atoms with Crippen LogP contribution in [0.5, 0.6) is 0 Å². The molecule has 0 aromatic carbocycles. The van der Waals surface area contributed by atoms with Crippen LogP contribution in [0.2, 0.25) is 0 Å². The topological polar surface area (TPSA) is 54.0 Å². The number of thiazole rings is 1. The summed E-state index contributed by atoms with van der Waals surface area (Å²) in [7, 11) is 0. The zero-order valence-electron chi connectivity index (χ0n) is 7.33. The molecule has 1 aliphatic carbocycles. The molecular weight excluding hydrogens is 186 g/mol. The molecule has 1 aromatic rings. The van der Waals surface area contributed by atoms with Gasteiger partial charge in [-0.2, -0.15) is 0 Å². The van der Waals surface area contributed by atoms with E-state index in [1.165, 1.54) is 11.3 Å². The molecule has 0 spiro atoms. The van der Waals surface area contributed by atoms with Gasteiger partial charge in [0.2, 0.25) is 0 Å². The maximum Gasteiger partial charge on any atom is 0.321 e. The van der Waals surface area contributed by atoms with Crippen molar-refractivity contribution in [2.24, 2.45) is 0 Å². The van der Waals surface area contributed by atoms with Gasteiger partial charge in [0.1, 0.15) is 0 Å². The van der Waals surface area contributed by atoms with Crippen molar-refractivity contribution >= 4 is 22.5 Å². The fraction of sp³-hybridized carbons (Fsp3) is 0.500. The Morgan fingerprint density at radius 3 is 3.00 bits per heavy atom. The number of carbonyl (C=O) groups excluding carboxylic acids is 1. The molecular formula is C8H11N3OS. The molecule has 0 bridgehead atoms. The summed E-state index contributed by atoms with van der Waals surface area (Å²) >= 11 is 1.48. The zero-order chi connectivity index (χ0) is 9.26. The molecule has 4 nitrogen and oxygen atoms in total. The first-order valence-corrected chi connectivity index (χ1v) is 5.05. The quantitative estimate of drug-likeness (QED) is 0.758. The second kappa shape index (κ2) is 3.33. The number of hydrogen-bond acceptors (Lipinski definition) is 3. The third-order valence-corrected chi connectivity index (χ3v) is 2.58. The number of carbonyl (C=O) groups is 1. The van der Waals surface area contributed by atoms with E-state index in [1.54, 1.807) is 6.20 Å². The summed E-state index contributed by atoms with van der Waals surface area (Å²) in [4.78, 5) is 16.3. The average molecular weight is 197 g/mol. The number of nitrogens with one attached hydrogen (secondary N) is 2.